The summed E-state index contributed by atoms with van der Waals surface area (Å²) in [5, 5.41) is 4.94. The van der Waals surface area contributed by atoms with Gasteiger partial charge in [-0.3, -0.25) is 4.79 Å². The van der Waals surface area contributed by atoms with Crippen molar-refractivity contribution in [3.63, 3.8) is 0 Å². The lowest BCUT2D eigenvalue weighted by molar-refractivity contribution is -0.421. The lowest BCUT2D eigenvalue weighted by Crippen LogP contribution is -2.68. The van der Waals surface area contributed by atoms with Gasteiger partial charge in [-0.15, -0.1) is 11.3 Å². The SMILES string of the molecule is O=C(CCCCCCCCCCCOCC1COc2cscc2O1)NCC(F)(F)C(F)(F)C(F)(F)C(F)(F)C(F)(F)F. The number of alkyl halides is 11. The molecule has 0 fully saturated rings. The second-order valence-electron chi connectivity index (χ2n) is 9.86. The number of thiophene rings is 1. The highest BCUT2D eigenvalue weighted by molar-refractivity contribution is 7.08. The third kappa shape index (κ3) is 9.23. The normalized spacial score (nSPS) is 16.5. The minimum Gasteiger partial charge on any atom is -0.485 e. The Labute approximate surface area is 239 Å². The van der Waals surface area contributed by atoms with Crippen molar-refractivity contribution in [3.8, 4) is 11.5 Å². The first kappa shape index (κ1) is 36.2. The number of amides is 1. The third-order valence-corrected chi connectivity index (χ3v) is 7.12. The predicted molar refractivity (Wildman–Crippen MR) is 130 cm³/mol. The van der Waals surface area contributed by atoms with E-state index in [2.05, 4.69) is 0 Å². The zero-order chi connectivity index (χ0) is 31.7. The van der Waals surface area contributed by atoms with E-state index in [0.29, 0.717) is 32.7 Å². The van der Waals surface area contributed by atoms with Crippen LogP contribution in [0.2, 0.25) is 0 Å². The van der Waals surface area contributed by atoms with E-state index in [1.807, 2.05) is 10.8 Å². The van der Waals surface area contributed by atoms with Gasteiger partial charge in [0.1, 0.15) is 6.61 Å². The largest absolute Gasteiger partial charge is 0.485 e. The minimum absolute atomic E-state index is 0.136. The smallest absolute Gasteiger partial charge is 0.460 e. The van der Waals surface area contributed by atoms with Crippen LogP contribution in [0.15, 0.2) is 10.8 Å². The highest BCUT2D eigenvalue weighted by Gasteiger charge is 2.87. The molecular formula is C25H32F11NO4S. The Morgan fingerprint density at radius 2 is 1.33 bits per heavy atom. The summed E-state index contributed by atoms with van der Waals surface area (Å²) in [4.78, 5) is 11.6. The molecule has 0 bridgehead atoms. The van der Waals surface area contributed by atoms with Crippen LogP contribution in [0.3, 0.4) is 0 Å². The molecule has 2 heterocycles. The van der Waals surface area contributed by atoms with E-state index in [0.717, 1.165) is 50.0 Å². The van der Waals surface area contributed by atoms with Gasteiger partial charge in [0.25, 0.3) is 0 Å². The molecule has 2 rings (SSSR count). The predicted octanol–water partition coefficient (Wildman–Crippen LogP) is 8.03. The molecule has 1 aliphatic rings. The van der Waals surface area contributed by atoms with Gasteiger partial charge < -0.3 is 19.5 Å². The van der Waals surface area contributed by atoms with E-state index in [1.165, 1.54) is 16.7 Å². The maximum atomic E-state index is 13.6. The summed E-state index contributed by atoms with van der Waals surface area (Å²) in [6, 6.07) is 0. The van der Waals surface area contributed by atoms with Gasteiger partial charge in [-0.05, 0) is 12.8 Å². The van der Waals surface area contributed by atoms with Crippen molar-refractivity contribution in [2.75, 3.05) is 26.4 Å². The molecule has 0 aliphatic carbocycles. The Morgan fingerprint density at radius 3 is 1.93 bits per heavy atom. The topological polar surface area (TPSA) is 56.8 Å². The number of halogens is 11. The molecule has 1 aromatic heterocycles. The van der Waals surface area contributed by atoms with Crippen LogP contribution in [-0.2, 0) is 9.53 Å². The molecule has 0 spiro atoms. The number of fused-ring (bicyclic) bond motifs is 1. The summed E-state index contributed by atoms with van der Waals surface area (Å²) < 4.78 is 160. The molecular weight excluding hydrogens is 619 g/mol. The van der Waals surface area contributed by atoms with E-state index >= 15 is 0 Å². The molecule has 0 saturated heterocycles. The summed E-state index contributed by atoms with van der Waals surface area (Å²) in [5.41, 5.74) is 0. The Balaban J connectivity index is 1.49. The van der Waals surface area contributed by atoms with Gasteiger partial charge in [-0.2, -0.15) is 48.3 Å². The Kier molecular flexibility index (Phi) is 13.0. The molecule has 5 nitrogen and oxygen atoms in total. The summed E-state index contributed by atoms with van der Waals surface area (Å²) in [6.07, 6.45) is -1.12. The first-order chi connectivity index (χ1) is 19.4. The van der Waals surface area contributed by atoms with Crippen molar-refractivity contribution in [1.29, 1.82) is 0 Å². The van der Waals surface area contributed by atoms with Gasteiger partial charge in [0.2, 0.25) is 5.91 Å². The third-order valence-electron chi connectivity index (χ3n) is 6.42. The van der Waals surface area contributed by atoms with Crippen molar-refractivity contribution in [2.45, 2.75) is 100 Å². The van der Waals surface area contributed by atoms with Gasteiger partial charge in [0.05, 0.1) is 13.2 Å². The van der Waals surface area contributed by atoms with Gasteiger partial charge in [-0.25, -0.2) is 0 Å². The van der Waals surface area contributed by atoms with E-state index in [1.54, 1.807) is 0 Å². The highest BCUT2D eigenvalue weighted by Crippen LogP contribution is 2.57. The summed E-state index contributed by atoms with van der Waals surface area (Å²) in [7, 11) is 0. The maximum Gasteiger partial charge on any atom is 0.460 e. The standard InChI is InChI=1S/C25H32F11NO4S/c26-21(27,22(28,29)23(30,31)24(32,33)25(34,35)36)16-37-20(38)10-8-6-4-2-1-3-5-7-9-11-39-12-17-13-40-18-14-42-15-19(18)41-17/h14-15,17H,1-13,16H2,(H,37,38). The molecule has 1 aliphatic heterocycles. The molecule has 42 heavy (non-hydrogen) atoms. The van der Waals surface area contributed by atoms with E-state index in [9.17, 15) is 53.1 Å². The maximum absolute atomic E-state index is 13.6. The molecule has 1 aromatic rings. The summed E-state index contributed by atoms with van der Waals surface area (Å²) >= 11 is 1.50. The van der Waals surface area contributed by atoms with Gasteiger partial charge in [0.15, 0.2) is 17.6 Å². The first-order valence-corrected chi connectivity index (χ1v) is 14.2. The van der Waals surface area contributed by atoms with Crippen LogP contribution < -0.4 is 14.8 Å². The summed E-state index contributed by atoms with van der Waals surface area (Å²) in [5.74, 6) is -27.9. The van der Waals surface area contributed by atoms with Crippen molar-refractivity contribution >= 4 is 17.2 Å². The van der Waals surface area contributed by atoms with Crippen LogP contribution in [0.5, 0.6) is 11.5 Å². The first-order valence-electron chi connectivity index (χ1n) is 13.2. The molecule has 17 heteroatoms. The zero-order valence-electron chi connectivity index (χ0n) is 22.3. The Bertz CT molecular complexity index is 972. The van der Waals surface area contributed by atoms with Gasteiger partial charge >= 0.3 is 29.9 Å². The summed E-state index contributed by atoms with van der Waals surface area (Å²) in [6.45, 7) is -1.10. The molecule has 0 radical (unpaired) electrons. The lowest BCUT2D eigenvalue weighted by Gasteiger charge is -2.37. The van der Waals surface area contributed by atoms with Gasteiger partial charge in [-0.1, -0.05) is 44.9 Å². The Morgan fingerprint density at radius 1 is 0.786 bits per heavy atom. The van der Waals surface area contributed by atoms with Crippen LogP contribution in [0.4, 0.5) is 48.3 Å². The molecule has 1 unspecified atom stereocenters. The van der Waals surface area contributed by atoms with Crippen molar-refractivity contribution in [1.82, 2.24) is 5.32 Å². The fraction of sp³-hybridized carbons (Fsp3) is 0.800. The number of carbonyl (C=O) groups is 1. The number of carbonyl (C=O) groups excluding carboxylic acids is 1. The molecule has 244 valence electrons. The molecule has 1 N–H and O–H groups in total. The minimum atomic E-state index is -7.48. The second-order valence-corrected chi connectivity index (χ2v) is 10.6. The molecule has 1 amide bonds. The van der Waals surface area contributed by atoms with Gasteiger partial charge in [0, 0.05) is 23.8 Å². The molecule has 0 saturated carbocycles. The van der Waals surface area contributed by atoms with Crippen LogP contribution >= 0.6 is 11.3 Å². The van der Waals surface area contributed by atoms with Crippen LogP contribution in [0, 0.1) is 0 Å². The molecule has 0 aromatic carbocycles. The number of hydrogen-bond acceptors (Lipinski definition) is 5. The van der Waals surface area contributed by atoms with Crippen molar-refractivity contribution in [2.24, 2.45) is 0 Å². The number of rotatable bonds is 19. The molecule has 1 atom stereocenters. The van der Waals surface area contributed by atoms with E-state index in [4.69, 9.17) is 14.2 Å². The number of ether oxygens (including phenoxy) is 3. The van der Waals surface area contributed by atoms with E-state index < -0.39 is 48.7 Å². The number of hydrogen-bond donors (Lipinski definition) is 1. The van der Waals surface area contributed by atoms with Crippen molar-refractivity contribution < 1.29 is 67.3 Å². The highest BCUT2D eigenvalue weighted by atomic mass is 32.1. The second kappa shape index (κ2) is 15.1. The average molecular weight is 652 g/mol. The fourth-order valence-corrected chi connectivity index (χ4v) is 4.57. The fourth-order valence-electron chi connectivity index (χ4n) is 3.90. The monoisotopic (exact) mass is 651 g/mol. The van der Waals surface area contributed by atoms with Crippen LogP contribution in [0.1, 0.15) is 64.2 Å². The number of nitrogens with one attached hydrogen (secondary N) is 1. The van der Waals surface area contributed by atoms with Crippen LogP contribution in [-0.4, -0.2) is 68.2 Å². The quantitative estimate of drug-likeness (QED) is 0.122. The van der Waals surface area contributed by atoms with Crippen molar-refractivity contribution in [3.05, 3.63) is 10.8 Å². The Hall–Kier alpha value is -2.04. The zero-order valence-corrected chi connectivity index (χ0v) is 23.1. The number of unbranched alkanes of at least 4 members (excludes halogenated alkanes) is 8. The van der Waals surface area contributed by atoms with E-state index in [-0.39, 0.29) is 12.5 Å². The van der Waals surface area contributed by atoms with Crippen LogP contribution in [0.25, 0.3) is 0 Å². The lowest BCUT2D eigenvalue weighted by atomic mass is 9.98. The average Bonchev–Trinajstić information content (AvgIpc) is 3.37.